The fourth-order valence-electron chi connectivity index (χ4n) is 2.29. The summed E-state index contributed by atoms with van der Waals surface area (Å²) >= 11 is 0. The van der Waals surface area contributed by atoms with Gasteiger partial charge in [0, 0.05) is 24.7 Å². The van der Waals surface area contributed by atoms with E-state index in [4.69, 9.17) is 4.74 Å². The summed E-state index contributed by atoms with van der Waals surface area (Å²) in [7, 11) is 0. The van der Waals surface area contributed by atoms with Gasteiger partial charge in [0.25, 0.3) is 5.69 Å². The number of nitrogens with zero attached hydrogens (tertiary/aromatic N) is 1. The molecule has 0 aliphatic carbocycles. The molecule has 2 rings (SSSR count). The van der Waals surface area contributed by atoms with Crippen molar-refractivity contribution in [2.75, 3.05) is 6.61 Å². The molecule has 18 heavy (non-hydrogen) atoms. The molecule has 0 spiro atoms. The third-order valence-corrected chi connectivity index (χ3v) is 3.40. The molecule has 1 aliphatic heterocycles. The normalized spacial score (nSPS) is 27.1. The Morgan fingerprint density at radius 1 is 1.50 bits per heavy atom. The van der Waals surface area contributed by atoms with E-state index in [0.717, 1.165) is 5.56 Å². The van der Waals surface area contributed by atoms with Crippen molar-refractivity contribution in [2.45, 2.75) is 24.9 Å². The van der Waals surface area contributed by atoms with Gasteiger partial charge in [0.1, 0.15) is 0 Å². The van der Waals surface area contributed by atoms with E-state index in [-0.39, 0.29) is 11.6 Å². The van der Waals surface area contributed by atoms with E-state index in [1.54, 1.807) is 12.1 Å². The van der Waals surface area contributed by atoms with Gasteiger partial charge >= 0.3 is 5.97 Å². The maximum atomic E-state index is 11.2. The van der Waals surface area contributed by atoms with Crippen molar-refractivity contribution in [2.24, 2.45) is 0 Å². The quantitative estimate of drug-likeness (QED) is 0.655. The van der Waals surface area contributed by atoms with E-state index in [2.05, 4.69) is 0 Å². The van der Waals surface area contributed by atoms with Gasteiger partial charge in [0.2, 0.25) is 0 Å². The van der Waals surface area contributed by atoms with Crippen LogP contribution < -0.4 is 0 Å². The van der Waals surface area contributed by atoms with Crippen LogP contribution in [-0.2, 0) is 9.53 Å². The largest absolute Gasteiger partial charge is 0.479 e. The Labute approximate surface area is 103 Å². The minimum atomic E-state index is -1.25. The van der Waals surface area contributed by atoms with Crippen molar-refractivity contribution in [3.8, 4) is 0 Å². The molecule has 0 unspecified atom stereocenters. The van der Waals surface area contributed by atoms with E-state index >= 15 is 0 Å². The highest BCUT2D eigenvalue weighted by molar-refractivity contribution is 5.79. The molecule has 1 aromatic carbocycles. The van der Waals surface area contributed by atoms with Gasteiger partial charge in [-0.3, -0.25) is 10.1 Å². The van der Waals surface area contributed by atoms with Crippen molar-refractivity contribution < 1.29 is 19.6 Å². The Hall–Kier alpha value is -1.95. The van der Waals surface area contributed by atoms with Crippen molar-refractivity contribution >= 4 is 11.7 Å². The summed E-state index contributed by atoms with van der Waals surface area (Å²) in [4.78, 5) is 21.3. The molecule has 6 nitrogen and oxygen atoms in total. The third kappa shape index (κ3) is 1.95. The number of non-ortho nitro benzene ring substituents is 1. The van der Waals surface area contributed by atoms with Crippen LogP contribution in [0.25, 0.3) is 0 Å². The molecule has 2 atom stereocenters. The number of rotatable bonds is 3. The van der Waals surface area contributed by atoms with Crippen LogP contribution in [0.5, 0.6) is 0 Å². The standard InChI is InChI=1S/C12H13NO5/c1-12(11(14)15)10(6-7-18-12)8-2-4-9(5-3-8)13(16)17/h2-5,10H,6-7H2,1H3,(H,14,15)/t10-,12+/m1/s1. The maximum absolute atomic E-state index is 11.2. The second-order valence-corrected chi connectivity index (χ2v) is 4.45. The molecule has 96 valence electrons. The zero-order chi connectivity index (χ0) is 13.3. The number of hydrogen-bond donors (Lipinski definition) is 1. The molecule has 1 aliphatic rings. The molecule has 0 saturated carbocycles. The van der Waals surface area contributed by atoms with Crippen LogP contribution in [0.4, 0.5) is 5.69 Å². The van der Waals surface area contributed by atoms with E-state index in [1.165, 1.54) is 19.1 Å². The molecule has 0 aromatic heterocycles. The molecule has 6 heteroatoms. The highest BCUT2D eigenvalue weighted by Gasteiger charge is 2.47. The average molecular weight is 251 g/mol. The van der Waals surface area contributed by atoms with E-state index in [1.807, 2.05) is 0 Å². The van der Waals surface area contributed by atoms with Crippen LogP contribution in [0.2, 0.25) is 0 Å². The first-order valence-electron chi connectivity index (χ1n) is 5.57. The van der Waals surface area contributed by atoms with Gasteiger partial charge in [-0.25, -0.2) is 4.79 Å². The van der Waals surface area contributed by atoms with Gasteiger partial charge in [-0.05, 0) is 18.9 Å². The van der Waals surface area contributed by atoms with Crippen LogP contribution in [0.15, 0.2) is 24.3 Å². The van der Waals surface area contributed by atoms with Gasteiger partial charge in [-0.1, -0.05) is 12.1 Å². The maximum Gasteiger partial charge on any atom is 0.336 e. The van der Waals surface area contributed by atoms with Crippen molar-refractivity contribution in [1.82, 2.24) is 0 Å². The minimum Gasteiger partial charge on any atom is -0.479 e. The number of carbonyl (C=O) groups is 1. The topological polar surface area (TPSA) is 89.7 Å². The summed E-state index contributed by atoms with van der Waals surface area (Å²) in [6.45, 7) is 1.92. The van der Waals surface area contributed by atoms with E-state index < -0.39 is 16.5 Å². The molecule has 1 saturated heterocycles. The fourth-order valence-corrected chi connectivity index (χ4v) is 2.29. The van der Waals surface area contributed by atoms with Gasteiger partial charge in [-0.2, -0.15) is 0 Å². The molecule has 1 heterocycles. The summed E-state index contributed by atoms with van der Waals surface area (Å²) in [5.41, 5.74) is -0.506. The monoisotopic (exact) mass is 251 g/mol. The van der Waals surface area contributed by atoms with E-state index in [0.29, 0.717) is 13.0 Å². The highest BCUT2D eigenvalue weighted by Crippen LogP contribution is 2.40. The first-order valence-corrected chi connectivity index (χ1v) is 5.57. The summed E-state index contributed by atoms with van der Waals surface area (Å²) in [6, 6.07) is 5.96. The molecule has 1 N–H and O–H groups in total. The Morgan fingerprint density at radius 2 is 2.11 bits per heavy atom. The predicted molar refractivity (Wildman–Crippen MR) is 62.4 cm³/mol. The molecule has 0 amide bonds. The number of ether oxygens (including phenoxy) is 1. The van der Waals surface area contributed by atoms with Crippen molar-refractivity contribution in [3.05, 3.63) is 39.9 Å². The lowest BCUT2D eigenvalue weighted by Crippen LogP contribution is -2.39. The first kappa shape index (κ1) is 12.5. The molecule has 1 fully saturated rings. The lowest BCUT2D eigenvalue weighted by molar-refractivity contribution is -0.384. The smallest absolute Gasteiger partial charge is 0.336 e. The second kappa shape index (κ2) is 4.38. The van der Waals surface area contributed by atoms with Crippen molar-refractivity contribution in [1.29, 1.82) is 0 Å². The zero-order valence-electron chi connectivity index (χ0n) is 9.83. The van der Waals surface area contributed by atoms with Gasteiger partial charge in [0.15, 0.2) is 5.60 Å². The van der Waals surface area contributed by atoms with Gasteiger partial charge in [0.05, 0.1) is 4.92 Å². The average Bonchev–Trinajstić information content (AvgIpc) is 2.73. The number of benzene rings is 1. The number of carboxylic acid groups (broad SMARTS) is 1. The number of nitro groups is 1. The SMILES string of the molecule is C[C@]1(C(=O)O)OCC[C@@H]1c1ccc([N+](=O)[O-])cc1. The number of hydrogen-bond acceptors (Lipinski definition) is 4. The summed E-state index contributed by atoms with van der Waals surface area (Å²) < 4.78 is 5.31. The minimum absolute atomic E-state index is 0.00491. The summed E-state index contributed by atoms with van der Waals surface area (Å²) in [5.74, 6) is -1.29. The lowest BCUT2D eigenvalue weighted by Gasteiger charge is -2.25. The molecule has 0 bridgehead atoms. The number of carboxylic acids is 1. The van der Waals surface area contributed by atoms with Crippen LogP contribution in [-0.4, -0.2) is 28.2 Å². The Balaban J connectivity index is 2.31. The molecular formula is C12H13NO5. The van der Waals surface area contributed by atoms with Gasteiger partial charge in [-0.15, -0.1) is 0 Å². The Kier molecular flexibility index (Phi) is 3.04. The number of aliphatic carboxylic acids is 1. The first-order chi connectivity index (χ1) is 8.45. The Morgan fingerprint density at radius 3 is 2.61 bits per heavy atom. The van der Waals surface area contributed by atoms with Crippen LogP contribution in [0.3, 0.4) is 0 Å². The third-order valence-electron chi connectivity index (χ3n) is 3.40. The predicted octanol–water partition coefficient (Wildman–Crippen LogP) is 1.94. The van der Waals surface area contributed by atoms with Crippen LogP contribution in [0.1, 0.15) is 24.8 Å². The fraction of sp³-hybridized carbons (Fsp3) is 0.417. The number of nitro benzene ring substituents is 1. The molecule has 1 aromatic rings. The molecular weight excluding hydrogens is 238 g/mol. The summed E-state index contributed by atoms with van der Waals surface area (Å²) in [5, 5.41) is 19.8. The highest BCUT2D eigenvalue weighted by atomic mass is 16.6. The second-order valence-electron chi connectivity index (χ2n) is 4.45. The summed E-state index contributed by atoms with van der Waals surface area (Å²) in [6.07, 6.45) is 0.598. The zero-order valence-corrected chi connectivity index (χ0v) is 9.83. The van der Waals surface area contributed by atoms with Crippen LogP contribution >= 0.6 is 0 Å². The van der Waals surface area contributed by atoms with Crippen LogP contribution in [0, 0.1) is 10.1 Å². The van der Waals surface area contributed by atoms with E-state index in [9.17, 15) is 20.0 Å². The lowest BCUT2D eigenvalue weighted by atomic mass is 9.83. The van der Waals surface area contributed by atoms with Gasteiger partial charge < -0.3 is 9.84 Å². The Bertz CT molecular complexity index is 484. The van der Waals surface area contributed by atoms with Crippen molar-refractivity contribution in [3.63, 3.8) is 0 Å². The molecule has 0 radical (unpaired) electrons.